The van der Waals surface area contributed by atoms with Crippen molar-refractivity contribution in [2.75, 3.05) is 6.61 Å². The Kier molecular flexibility index (Phi) is 20.4. The molecule has 0 amide bonds. The number of carboxylic acid groups (broad SMARTS) is 1. The Morgan fingerprint density at radius 2 is 1.00 bits per heavy atom. The number of hydrogen-bond donors (Lipinski definition) is 1. The average molecular weight is 385 g/mol. The second-order valence-electron chi connectivity index (χ2n) is 7.77. The molecule has 4 heteroatoms. The van der Waals surface area contributed by atoms with Crippen LogP contribution in [0.2, 0.25) is 0 Å². The minimum atomic E-state index is -0.687. The lowest BCUT2D eigenvalue weighted by Crippen LogP contribution is -2.05. The fourth-order valence-electron chi connectivity index (χ4n) is 3.28. The van der Waals surface area contributed by atoms with Gasteiger partial charge in [-0.2, -0.15) is 0 Å². The molecule has 0 spiro atoms. The number of ether oxygens (including phenoxy) is 1. The minimum absolute atomic E-state index is 0.0256. The van der Waals surface area contributed by atoms with E-state index in [1.165, 1.54) is 64.2 Å². The molecule has 0 rings (SSSR count). The number of rotatable bonds is 21. The summed E-state index contributed by atoms with van der Waals surface area (Å²) in [5.41, 5.74) is 0. The lowest BCUT2D eigenvalue weighted by molar-refractivity contribution is -0.144. The van der Waals surface area contributed by atoms with E-state index >= 15 is 0 Å². The van der Waals surface area contributed by atoms with Crippen molar-refractivity contribution in [3.63, 3.8) is 0 Å². The highest BCUT2D eigenvalue weighted by Gasteiger charge is 2.02. The number of esters is 1. The van der Waals surface area contributed by atoms with Gasteiger partial charge in [0, 0.05) is 12.8 Å². The molecule has 0 unspecified atom stereocenters. The van der Waals surface area contributed by atoms with Crippen LogP contribution in [-0.2, 0) is 14.3 Å². The van der Waals surface area contributed by atoms with Gasteiger partial charge in [0.1, 0.15) is 0 Å². The van der Waals surface area contributed by atoms with E-state index in [9.17, 15) is 9.59 Å². The predicted octanol–water partition coefficient (Wildman–Crippen LogP) is 7.05. The molecule has 0 radical (unpaired) electrons. The van der Waals surface area contributed by atoms with Crippen LogP contribution in [0.15, 0.2) is 0 Å². The van der Waals surface area contributed by atoms with Crippen molar-refractivity contribution in [3.05, 3.63) is 0 Å². The molecule has 0 saturated heterocycles. The first kappa shape index (κ1) is 25.9. The molecule has 0 atom stereocenters. The third kappa shape index (κ3) is 22.9. The largest absolute Gasteiger partial charge is 0.481 e. The molecule has 0 aromatic heterocycles. The van der Waals surface area contributed by atoms with E-state index in [1.54, 1.807) is 0 Å². The Morgan fingerprint density at radius 1 is 0.593 bits per heavy atom. The molecular weight excluding hydrogens is 340 g/mol. The second kappa shape index (κ2) is 21.2. The van der Waals surface area contributed by atoms with Crippen molar-refractivity contribution in [1.29, 1.82) is 0 Å². The Bertz CT molecular complexity index is 341. The summed E-state index contributed by atoms with van der Waals surface area (Å²) in [5.74, 6) is -0.712. The molecule has 0 aromatic rings. The van der Waals surface area contributed by atoms with Crippen LogP contribution < -0.4 is 0 Å². The smallest absolute Gasteiger partial charge is 0.305 e. The van der Waals surface area contributed by atoms with Crippen molar-refractivity contribution in [2.45, 2.75) is 129 Å². The van der Waals surface area contributed by atoms with Crippen LogP contribution in [0.5, 0.6) is 0 Å². The van der Waals surface area contributed by atoms with Crippen LogP contribution in [0.25, 0.3) is 0 Å². The Hall–Kier alpha value is -1.06. The molecule has 0 aliphatic heterocycles. The number of aliphatic carboxylic acids is 1. The highest BCUT2D eigenvalue weighted by Crippen LogP contribution is 2.12. The molecule has 0 aliphatic rings. The van der Waals surface area contributed by atoms with Gasteiger partial charge in [-0.1, -0.05) is 96.8 Å². The van der Waals surface area contributed by atoms with E-state index in [1.807, 2.05) is 0 Å². The van der Waals surface area contributed by atoms with E-state index < -0.39 is 5.97 Å². The number of hydrogen-bond acceptors (Lipinski definition) is 3. The molecule has 0 bridgehead atoms. The van der Waals surface area contributed by atoms with Crippen LogP contribution in [0.4, 0.5) is 0 Å². The van der Waals surface area contributed by atoms with Crippen molar-refractivity contribution in [2.24, 2.45) is 0 Å². The summed E-state index contributed by atoms with van der Waals surface area (Å²) in [6.07, 6.45) is 20.8. The van der Waals surface area contributed by atoms with Gasteiger partial charge in [-0.3, -0.25) is 9.59 Å². The maximum atomic E-state index is 11.7. The van der Waals surface area contributed by atoms with Gasteiger partial charge in [-0.05, 0) is 19.3 Å². The predicted molar refractivity (Wildman–Crippen MR) is 112 cm³/mol. The highest BCUT2D eigenvalue weighted by molar-refractivity contribution is 5.69. The summed E-state index contributed by atoms with van der Waals surface area (Å²) in [6, 6.07) is 0. The first-order chi connectivity index (χ1) is 13.2. The molecule has 0 aromatic carbocycles. The van der Waals surface area contributed by atoms with E-state index in [2.05, 4.69) is 6.92 Å². The molecule has 27 heavy (non-hydrogen) atoms. The zero-order valence-corrected chi connectivity index (χ0v) is 17.8. The number of carboxylic acids is 1. The van der Waals surface area contributed by atoms with Gasteiger partial charge in [0.2, 0.25) is 0 Å². The molecule has 0 aliphatic carbocycles. The summed E-state index contributed by atoms with van der Waals surface area (Å²) in [7, 11) is 0. The second-order valence-corrected chi connectivity index (χ2v) is 7.77. The highest BCUT2D eigenvalue weighted by atomic mass is 16.5. The number of unbranched alkanes of at least 4 members (excludes halogenated alkanes) is 15. The van der Waals surface area contributed by atoms with Crippen LogP contribution in [0.3, 0.4) is 0 Å². The average Bonchev–Trinajstić information content (AvgIpc) is 2.64. The van der Waals surface area contributed by atoms with E-state index in [0.29, 0.717) is 19.4 Å². The topological polar surface area (TPSA) is 63.6 Å². The Morgan fingerprint density at radius 3 is 1.48 bits per heavy atom. The standard InChI is InChI=1S/C23H44O4/c1-2-3-4-5-6-11-14-17-20-23(26)27-21-18-15-12-9-7-8-10-13-16-19-22(24)25/h2-21H2,1H3,(H,24,25). The summed E-state index contributed by atoms with van der Waals surface area (Å²) in [6.45, 7) is 2.81. The first-order valence-electron chi connectivity index (χ1n) is 11.5. The SMILES string of the molecule is CCCCCCCCCCC(=O)OCCCCCCCCCCCC(=O)O. The summed E-state index contributed by atoms with van der Waals surface area (Å²) < 4.78 is 5.31. The molecule has 4 nitrogen and oxygen atoms in total. The van der Waals surface area contributed by atoms with E-state index in [-0.39, 0.29) is 5.97 Å². The lowest BCUT2D eigenvalue weighted by atomic mass is 10.1. The summed E-state index contributed by atoms with van der Waals surface area (Å²) >= 11 is 0. The molecular formula is C23H44O4. The third-order valence-corrected chi connectivity index (χ3v) is 5.03. The maximum absolute atomic E-state index is 11.7. The van der Waals surface area contributed by atoms with Gasteiger partial charge in [0.05, 0.1) is 6.61 Å². The maximum Gasteiger partial charge on any atom is 0.305 e. The number of carbonyl (C=O) groups excluding carboxylic acids is 1. The van der Waals surface area contributed by atoms with Crippen molar-refractivity contribution < 1.29 is 19.4 Å². The summed E-state index contributed by atoms with van der Waals surface area (Å²) in [4.78, 5) is 22.0. The zero-order chi connectivity index (χ0) is 20.0. The zero-order valence-electron chi connectivity index (χ0n) is 17.8. The van der Waals surface area contributed by atoms with E-state index in [4.69, 9.17) is 9.84 Å². The summed E-state index contributed by atoms with van der Waals surface area (Å²) in [5, 5.41) is 8.56. The van der Waals surface area contributed by atoms with Crippen LogP contribution in [0, 0.1) is 0 Å². The van der Waals surface area contributed by atoms with Gasteiger partial charge >= 0.3 is 11.9 Å². The fraction of sp³-hybridized carbons (Fsp3) is 0.913. The fourth-order valence-corrected chi connectivity index (χ4v) is 3.28. The molecule has 0 saturated carbocycles. The molecule has 0 fully saturated rings. The van der Waals surface area contributed by atoms with Crippen LogP contribution in [0.1, 0.15) is 129 Å². The van der Waals surface area contributed by atoms with Crippen molar-refractivity contribution in [1.82, 2.24) is 0 Å². The van der Waals surface area contributed by atoms with Gasteiger partial charge in [0.15, 0.2) is 0 Å². The van der Waals surface area contributed by atoms with Crippen molar-refractivity contribution in [3.8, 4) is 0 Å². The van der Waals surface area contributed by atoms with Gasteiger partial charge in [-0.15, -0.1) is 0 Å². The van der Waals surface area contributed by atoms with Gasteiger partial charge < -0.3 is 9.84 Å². The van der Waals surface area contributed by atoms with Crippen molar-refractivity contribution >= 4 is 11.9 Å². The van der Waals surface area contributed by atoms with Crippen LogP contribution in [-0.4, -0.2) is 23.7 Å². The van der Waals surface area contributed by atoms with E-state index in [0.717, 1.165) is 44.9 Å². The van der Waals surface area contributed by atoms with Gasteiger partial charge in [0.25, 0.3) is 0 Å². The quantitative estimate of drug-likeness (QED) is 0.170. The first-order valence-corrected chi connectivity index (χ1v) is 11.5. The Balaban J connectivity index is 3.15. The lowest BCUT2D eigenvalue weighted by Gasteiger charge is -2.05. The monoisotopic (exact) mass is 384 g/mol. The molecule has 160 valence electrons. The molecule has 1 N–H and O–H groups in total. The third-order valence-electron chi connectivity index (χ3n) is 5.03. The molecule has 0 heterocycles. The van der Waals surface area contributed by atoms with Crippen LogP contribution >= 0.6 is 0 Å². The Labute approximate surface area is 167 Å². The minimum Gasteiger partial charge on any atom is -0.481 e. The normalized spacial score (nSPS) is 10.9. The number of carbonyl (C=O) groups is 2. The van der Waals surface area contributed by atoms with Gasteiger partial charge in [-0.25, -0.2) is 0 Å².